The lowest BCUT2D eigenvalue weighted by Crippen LogP contribution is -2.39. The van der Waals surface area contributed by atoms with E-state index in [0.29, 0.717) is 28.0 Å². The Bertz CT molecular complexity index is 520. The summed E-state index contributed by atoms with van der Waals surface area (Å²) in [6.07, 6.45) is 0.304. The van der Waals surface area contributed by atoms with E-state index in [1.165, 1.54) is 0 Å². The summed E-state index contributed by atoms with van der Waals surface area (Å²) in [4.78, 5) is 14.2. The van der Waals surface area contributed by atoms with Crippen molar-refractivity contribution in [2.45, 2.75) is 26.3 Å². The first-order valence-corrected chi connectivity index (χ1v) is 7.26. The number of amides is 1. The van der Waals surface area contributed by atoms with Crippen molar-refractivity contribution in [3.05, 3.63) is 33.3 Å². The Kier molecular flexibility index (Phi) is 6.29. The molecule has 1 aromatic carbocycles. The molecule has 0 heterocycles. The molecule has 0 radical (unpaired) electrons. The standard InChI is InChI=1S/C13H17BrClN3O2/c1-8(2)18(6-5-12(16)17-20)13(19)10-7-9(15)3-4-11(10)14/h3-4,7-8,20H,5-6H2,1-2H3,(H2,16,17). The maximum absolute atomic E-state index is 12.6. The Morgan fingerprint density at radius 2 is 2.20 bits per heavy atom. The first-order chi connectivity index (χ1) is 9.36. The molecule has 0 bridgehead atoms. The van der Waals surface area contributed by atoms with Gasteiger partial charge in [0.15, 0.2) is 0 Å². The molecule has 1 aromatic rings. The number of oxime groups is 1. The van der Waals surface area contributed by atoms with Crippen molar-refractivity contribution in [2.24, 2.45) is 10.9 Å². The van der Waals surface area contributed by atoms with Gasteiger partial charge in [0.25, 0.3) is 5.91 Å². The number of rotatable bonds is 5. The Morgan fingerprint density at radius 3 is 2.75 bits per heavy atom. The average Bonchev–Trinajstić information content (AvgIpc) is 2.40. The molecule has 7 heteroatoms. The van der Waals surface area contributed by atoms with Crippen molar-refractivity contribution in [1.29, 1.82) is 0 Å². The van der Waals surface area contributed by atoms with Crippen molar-refractivity contribution < 1.29 is 10.0 Å². The van der Waals surface area contributed by atoms with Crippen LogP contribution in [0.3, 0.4) is 0 Å². The van der Waals surface area contributed by atoms with Gasteiger partial charge < -0.3 is 15.8 Å². The first kappa shape index (κ1) is 16.8. The van der Waals surface area contributed by atoms with E-state index in [4.69, 9.17) is 22.5 Å². The van der Waals surface area contributed by atoms with Crippen LogP contribution in [0, 0.1) is 0 Å². The van der Waals surface area contributed by atoms with Crippen molar-refractivity contribution >= 4 is 39.3 Å². The third kappa shape index (κ3) is 4.38. The molecule has 1 rings (SSSR count). The number of nitrogens with two attached hydrogens (primary N) is 1. The van der Waals surface area contributed by atoms with Crippen LogP contribution in [-0.2, 0) is 0 Å². The van der Waals surface area contributed by atoms with Crippen molar-refractivity contribution in [2.75, 3.05) is 6.54 Å². The Labute approximate surface area is 131 Å². The molecule has 0 spiro atoms. The highest BCUT2D eigenvalue weighted by molar-refractivity contribution is 9.10. The average molecular weight is 363 g/mol. The number of carbonyl (C=O) groups excluding carboxylic acids is 1. The van der Waals surface area contributed by atoms with E-state index in [1.807, 2.05) is 13.8 Å². The molecule has 1 amide bonds. The van der Waals surface area contributed by atoms with Crippen LogP contribution in [0.15, 0.2) is 27.8 Å². The van der Waals surface area contributed by atoms with Gasteiger partial charge in [0, 0.05) is 28.5 Å². The van der Waals surface area contributed by atoms with E-state index >= 15 is 0 Å². The van der Waals surface area contributed by atoms with Crippen LogP contribution in [-0.4, -0.2) is 34.4 Å². The van der Waals surface area contributed by atoms with Crippen LogP contribution in [0.1, 0.15) is 30.6 Å². The van der Waals surface area contributed by atoms with Crippen LogP contribution >= 0.6 is 27.5 Å². The topological polar surface area (TPSA) is 78.9 Å². The molecule has 0 unspecified atom stereocenters. The van der Waals surface area contributed by atoms with E-state index in [9.17, 15) is 4.79 Å². The molecular formula is C13H17BrClN3O2. The van der Waals surface area contributed by atoms with E-state index < -0.39 is 0 Å². The minimum absolute atomic E-state index is 0.0140. The van der Waals surface area contributed by atoms with Gasteiger partial charge in [-0.2, -0.15) is 0 Å². The summed E-state index contributed by atoms with van der Waals surface area (Å²) in [5.41, 5.74) is 5.94. The second-order valence-electron chi connectivity index (χ2n) is 4.56. The van der Waals surface area contributed by atoms with Crippen molar-refractivity contribution in [3.8, 4) is 0 Å². The predicted molar refractivity (Wildman–Crippen MR) is 83.4 cm³/mol. The Morgan fingerprint density at radius 1 is 1.55 bits per heavy atom. The van der Waals surface area contributed by atoms with Gasteiger partial charge in [-0.3, -0.25) is 4.79 Å². The van der Waals surface area contributed by atoms with Gasteiger partial charge in [0.05, 0.1) is 5.56 Å². The third-order valence-corrected chi connectivity index (χ3v) is 3.71. The minimum atomic E-state index is -0.153. The molecule has 0 aromatic heterocycles. The molecule has 0 aliphatic carbocycles. The van der Waals surface area contributed by atoms with Gasteiger partial charge >= 0.3 is 0 Å². The fourth-order valence-electron chi connectivity index (χ4n) is 1.70. The summed E-state index contributed by atoms with van der Waals surface area (Å²) >= 11 is 9.28. The molecule has 5 nitrogen and oxygen atoms in total. The molecule has 3 N–H and O–H groups in total. The zero-order chi connectivity index (χ0) is 15.3. The molecule has 0 fully saturated rings. The number of nitrogens with zero attached hydrogens (tertiary/aromatic N) is 2. The summed E-state index contributed by atoms with van der Waals surface area (Å²) < 4.78 is 0.682. The smallest absolute Gasteiger partial charge is 0.255 e. The second-order valence-corrected chi connectivity index (χ2v) is 5.85. The molecule has 20 heavy (non-hydrogen) atoms. The largest absolute Gasteiger partial charge is 0.409 e. The molecular weight excluding hydrogens is 346 g/mol. The van der Waals surface area contributed by atoms with Gasteiger partial charge in [-0.25, -0.2) is 0 Å². The minimum Gasteiger partial charge on any atom is -0.409 e. The monoisotopic (exact) mass is 361 g/mol. The zero-order valence-corrected chi connectivity index (χ0v) is 13.6. The fraction of sp³-hybridized carbons (Fsp3) is 0.385. The van der Waals surface area contributed by atoms with Crippen LogP contribution < -0.4 is 5.73 Å². The molecule has 0 aliphatic rings. The summed E-state index contributed by atoms with van der Waals surface area (Å²) in [7, 11) is 0. The van der Waals surface area contributed by atoms with E-state index in [2.05, 4.69) is 21.1 Å². The van der Waals surface area contributed by atoms with Crippen LogP contribution in [0.25, 0.3) is 0 Å². The van der Waals surface area contributed by atoms with Crippen LogP contribution in [0.4, 0.5) is 0 Å². The Balaban J connectivity index is 2.97. The highest BCUT2D eigenvalue weighted by Gasteiger charge is 2.21. The maximum atomic E-state index is 12.6. The third-order valence-electron chi connectivity index (χ3n) is 2.78. The number of hydrogen-bond acceptors (Lipinski definition) is 3. The summed E-state index contributed by atoms with van der Waals surface area (Å²) in [5, 5.41) is 12.0. The number of benzene rings is 1. The normalized spacial score (nSPS) is 11.8. The van der Waals surface area contributed by atoms with E-state index in [0.717, 1.165) is 0 Å². The summed E-state index contributed by atoms with van der Waals surface area (Å²) in [5.74, 6) is -0.0614. The first-order valence-electron chi connectivity index (χ1n) is 6.09. The van der Waals surface area contributed by atoms with Crippen molar-refractivity contribution in [1.82, 2.24) is 4.90 Å². The van der Waals surface area contributed by atoms with Crippen LogP contribution in [0.5, 0.6) is 0 Å². The quantitative estimate of drug-likeness (QED) is 0.366. The van der Waals surface area contributed by atoms with Crippen molar-refractivity contribution in [3.63, 3.8) is 0 Å². The fourth-order valence-corrected chi connectivity index (χ4v) is 2.28. The van der Waals surface area contributed by atoms with E-state index in [1.54, 1.807) is 23.1 Å². The lowest BCUT2D eigenvalue weighted by Gasteiger charge is -2.27. The van der Waals surface area contributed by atoms with Gasteiger partial charge in [-0.15, -0.1) is 0 Å². The number of amidine groups is 1. The molecule has 0 atom stereocenters. The zero-order valence-electron chi connectivity index (χ0n) is 11.3. The molecule has 0 saturated carbocycles. The number of halogens is 2. The SMILES string of the molecule is CC(C)N(CC/C(N)=N/O)C(=O)c1cc(Cl)ccc1Br. The van der Waals surface area contributed by atoms with Gasteiger partial charge in [-0.05, 0) is 48.0 Å². The highest BCUT2D eigenvalue weighted by atomic mass is 79.9. The number of hydrogen-bond donors (Lipinski definition) is 2. The predicted octanol–water partition coefficient (Wildman–Crippen LogP) is 3.09. The second kappa shape index (κ2) is 7.50. The lowest BCUT2D eigenvalue weighted by atomic mass is 10.1. The molecule has 0 saturated heterocycles. The van der Waals surface area contributed by atoms with Gasteiger partial charge in [-0.1, -0.05) is 16.8 Å². The van der Waals surface area contributed by atoms with Crippen LogP contribution in [0.2, 0.25) is 5.02 Å². The maximum Gasteiger partial charge on any atom is 0.255 e. The Hall–Kier alpha value is -1.27. The summed E-state index contributed by atoms with van der Waals surface area (Å²) in [6, 6.07) is 5.04. The van der Waals surface area contributed by atoms with Gasteiger partial charge in [0.1, 0.15) is 5.84 Å². The summed E-state index contributed by atoms with van der Waals surface area (Å²) in [6.45, 7) is 4.18. The molecule has 0 aliphatic heterocycles. The highest BCUT2D eigenvalue weighted by Crippen LogP contribution is 2.23. The number of carbonyl (C=O) groups is 1. The van der Waals surface area contributed by atoms with Gasteiger partial charge in [0.2, 0.25) is 0 Å². The lowest BCUT2D eigenvalue weighted by molar-refractivity contribution is 0.0710. The van der Waals surface area contributed by atoms with E-state index in [-0.39, 0.29) is 17.8 Å². The molecule has 110 valence electrons.